The second-order valence-corrected chi connectivity index (χ2v) is 7.44. The summed E-state index contributed by atoms with van der Waals surface area (Å²) in [7, 11) is 4.01. The van der Waals surface area contributed by atoms with E-state index < -0.39 is 0 Å². The minimum Gasteiger partial charge on any atom is -0.385 e. The number of likely N-dealkylation sites (N-methyl/N-ethyl adjacent to an activating group) is 1. The van der Waals surface area contributed by atoms with Gasteiger partial charge in [-0.15, -0.1) is 0 Å². The maximum atomic E-state index is 12.6. The third kappa shape index (κ3) is 5.04. The van der Waals surface area contributed by atoms with Gasteiger partial charge in [-0.05, 0) is 39.9 Å². The molecule has 5 nitrogen and oxygen atoms in total. The maximum Gasteiger partial charge on any atom is 0.259 e. The van der Waals surface area contributed by atoms with Gasteiger partial charge in [-0.1, -0.05) is 29.4 Å². The molecule has 0 aromatic rings. The van der Waals surface area contributed by atoms with Crippen molar-refractivity contribution in [3.05, 3.63) is 22.8 Å². The van der Waals surface area contributed by atoms with Gasteiger partial charge >= 0.3 is 0 Å². The molecule has 2 atom stereocenters. The van der Waals surface area contributed by atoms with Crippen LogP contribution in [0.5, 0.6) is 0 Å². The first-order chi connectivity index (χ1) is 10.5. The van der Waals surface area contributed by atoms with Crippen molar-refractivity contribution in [1.29, 1.82) is 0 Å². The lowest BCUT2D eigenvalue weighted by Crippen LogP contribution is -2.45. The van der Waals surface area contributed by atoms with Gasteiger partial charge in [0, 0.05) is 18.8 Å². The smallest absolute Gasteiger partial charge is 0.259 e. The van der Waals surface area contributed by atoms with Crippen LogP contribution in [-0.4, -0.2) is 54.6 Å². The summed E-state index contributed by atoms with van der Waals surface area (Å²) in [5.41, 5.74) is 1.01. The number of hydrogen-bond acceptors (Lipinski definition) is 5. The molecule has 122 valence electrons. The van der Waals surface area contributed by atoms with Crippen LogP contribution >= 0.6 is 23.4 Å². The van der Waals surface area contributed by atoms with Crippen LogP contribution in [0.25, 0.3) is 0 Å². The number of aliphatic imine (C=N–C) groups is 1. The topological polar surface area (TPSA) is 56.7 Å². The van der Waals surface area contributed by atoms with Crippen LogP contribution in [0.4, 0.5) is 0 Å². The standard InChI is InChI=1S/C15H23ClN4OS/c1-10-18-13(16)7-5-4-6-12-14(22-10)15(21)19-11(8-17-12)9-20(2)3/h5,7,10-11,17H,4,6,8-9H2,1-3H3,(H,19,21)/b7-5-,18-13?/t10?,11-/m0/s1. The lowest BCUT2D eigenvalue weighted by Gasteiger charge is -2.20. The normalized spacial score (nSPS) is 28.2. The Labute approximate surface area is 141 Å². The number of nitrogens with one attached hydrogen (secondary N) is 2. The summed E-state index contributed by atoms with van der Waals surface area (Å²) in [4.78, 5) is 19.8. The van der Waals surface area contributed by atoms with Gasteiger partial charge < -0.3 is 15.5 Å². The molecule has 2 rings (SSSR count). The molecule has 2 N–H and O–H groups in total. The summed E-state index contributed by atoms with van der Waals surface area (Å²) in [6.07, 6.45) is 5.46. The summed E-state index contributed by atoms with van der Waals surface area (Å²) in [5.74, 6) is -0.0143. The third-order valence-electron chi connectivity index (χ3n) is 3.37. The molecule has 2 aliphatic heterocycles. The second-order valence-electron chi connectivity index (χ2n) is 5.73. The van der Waals surface area contributed by atoms with Crippen LogP contribution in [0.3, 0.4) is 0 Å². The van der Waals surface area contributed by atoms with E-state index in [0.29, 0.717) is 5.17 Å². The highest BCUT2D eigenvalue weighted by atomic mass is 35.5. The second kappa shape index (κ2) is 8.04. The van der Waals surface area contributed by atoms with E-state index in [2.05, 4.69) is 20.5 Å². The van der Waals surface area contributed by atoms with E-state index in [1.807, 2.05) is 33.2 Å². The zero-order valence-electron chi connectivity index (χ0n) is 13.2. The Hall–Kier alpha value is -0.980. The third-order valence-corrected chi connectivity index (χ3v) is 4.71. The minimum absolute atomic E-state index is 0.0143. The van der Waals surface area contributed by atoms with Gasteiger partial charge in [0.25, 0.3) is 5.91 Å². The summed E-state index contributed by atoms with van der Waals surface area (Å²) >= 11 is 7.51. The molecule has 0 bridgehead atoms. The van der Waals surface area contributed by atoms with Crippen molar-refractivity contribution in [1.82, 2.24) is 15.5 Å². The molecule has 0 saturated carbocycles. The molecular formula is C15H23ClN4OS. The molecule has 7 heteroatoms. The van der Waals surface area contributed by atoms with E-state index in [-0.39, 0.29) is 17.3 Å². The first-order valence-corrected chi connectivity index (χ1v) is 8.70. The predicted octanol–water partition coefficient (Wildman–Crippen LogP) is 1.91. The van der Waals surface area contributed by atoms with Crippen molar-refractivity contribution in [3.63, 3.8) is 0 Å². The van der Waals surface area contributed by atoms with Crippen molar-refractivity contribution in [3.8, 4) is 0 Å². The Morgan fingerprint density at radius 3 is 3.00 bits per heavy atom. The van der Waals surface area contributed by atoms with Gasteiger partial charge in [0.05, 0.1) is 16.3 Å². The molecule has 0 saturated heterocycles. The lowest BCUT2D eigenvalue weighted by atomic mass is 10.2. The van der Waals surface area contributed by atoms with Gasteiger partial charge in [-0.2, -0.15) is 0 Å². The van der Waals surface area contributed by atoms with Gasteiger partial charge in [0.1, 0.15) is 5.17 Å². The molecule has 2 aliphatic rings. The van der Waals surface area contributed by atoms with E-state index in [1.54, 1.807) is 0 Å². The molecule has 0 aromatic carbocycles. The number of rotatable bonds is 2. The molecule has 0 spiro atoms. The van der Waals surface area contributed by atoms with Crippen molar-refractivity contribution in [2.45, 2.75) is 31.2 Å². The molecule has 0 aliphatic carbocycles. The molecule has 0 radical (unpaired) electrons. The van der Waals surface area contributed by atoms with Gasteiger partial charge in [-0.25, -0.2) is 0 Å². The number of halogens is 1. The summed E-state index contributed by atoms with van der Waals surface area (Å²) < 4.78 is 0. The van der Waals surface area contributed by atoms with Crippen LogP contribution in [0.15, 0.2) is 27.7 Å². The molecule has 1 unspecified atom stereocenters. The van der Waals surface area contributed by atoms with Crippen molar-refractivity contribution in [2.75, 3.05) is 27.2 Å². The quantitative estimate of drug-likeness (QED) is 0.805. The lowest BCUT2D eigenvalue weighted by molar-refractivity contribution is -0.117. The molecular weight excluding hydrogens is 320 g/mol. The minimum atomic E-state index is -0.0989. The zero-order valence-corrected chi connectivity index (χ0v) is 14.8. The van der Waals surface area contributed by atoms with Gasteiger partial charge in [0.15, 0.2) is 0 Å². The maximum absolute atomic E-state index is 12.6. The highest BCUT2D eigenvalue weighted by molar-refractivity contribution is 8.04. The van der Waals surface area contributed by atoms with Crippen LogP contribution < -0.4 is 10.6 Å². The van der Waals surface area contributed by atoms with Crippen molar-refractivity contribution >= 4 is 34.4 Å². The number of carbonyl (C=O) groups excluding carboxylic acids is 1. The highest BCUT2D eigenvalue weighted by Crippen LogP contribution is 2.29. The number of hydrogen-bond donors (Lipinski definition) is 2. The number of nitrogens with zero attached hydrogens (tertiary/aromatic N) is 2. The van der Waals surface area contributed by atoms with E-state index in [9.17, 15) is 4.79 Å². The Morgan fingerprint density at radius 2 is 2.27 bits per heavy atom. The first kappa shape index (κ1) is 17.4. The summed E-state index contributed by atoms with van der Waals surface area (Å²) in [5, 5.41) is 6.94. The molecule has 0 aromatic heterocycles. The summed E-state index contributed by atoms with van der Waals surface area (Å²) in [6, 6.07) is 0.0960. The Balaban J connectivity index is 2.20. The SMILES string of the molecule is CC1N=C(Cl)/C=C\CCC2=C(S1)C(=O)N[C@H](CN(C)C)CN2. The number of thioether (sulfide) groups is 1. The Kier molecular flexibility index (Phi) is 6.35. The Morgan fingerprint density at radius 1 is 1.50 bits per heavy atom. The van der Waals surface area contributed by atoms with Crippen LogP contribution in [-0.2, 0) is 4.79 Å². The van der Waals surface area contributed by atoms with Crippen LogP contribution in [0, 0.1) is 0 Å². The highest BCUT2D eigenvalue weighted by Gasteiger charge is 2.26. The number of amides is 1. The molecule has 1 amide bonds. The van der Waals surface area contributed by atoms with E-state index in [1.165, 1.54) is 11.8 Å². The molecule has 2 heterocycles. The van der Waals surface area contributed by atoms with E-state index >= 15 is 0 Å². The van der Waals surface area contributed by atoms with Crippen LogP contribution in [0.1, 0.15) is 19.8 Å². The average molecular weight is 343 g/mol. The van der Waals surface area contributed by atoms with Crippen molar-refractivity contribution in [2.24, 2.45) is 4.99 Å². The fourth-order valence-electron chi connectivity index (χ4n) is 2.47. The largest absolute Gasteiger partial charge is 0.385 e. The summed E-state index contributed by atoms with van der Waals surface area (Å²) in [6.45, 7) is 3.50. The van der Waals surface area contributed by atoms with Gasteiger partial charge in [-0.3, -0.25) is 9.79 Å². The fourth-order valence-corrected chi connectivity index (χ4v) is 3.75. The fraction of sp³-hybridized carbons (Fsp3) is 0.600. The zero-order chi connectivity index (χ0) is 16.1. The van der Waals surface area contributed by atoms with Crippen LogP contribution in [0.2, 0.25) is 0 Å². The molecule has 22 heavy (non-hydrogen) atoms. The predicted molar refractivity (Wildman–Crippen MR) is 94.2 cm³/mol. The first-order valence-electron chi connectivity index (χ1n) is 7.45. The Bertz CT molecular complexity index is 516. The average Bonchev–Trinajstić information content (AvgIpc) is 2.55. The van der Waals surface area contributed by atoms with E-state index in [4.69, 9.17) is 11.6 Å². The van der Waals surface area contributed by atoms with Gasteiger partial charge in [0.2, 0.25) is 0 Å². The van der Waals surface area contributed by atoms with E-state index in [0.717, 1.165) is 36.5 Å². The van der Waals surface area contributed by atoms with Crippen molar-refractivity contribution < 1.29 is 4.79 Å². The monoisotopic (exact) mass is 342 g/mol. The number of allylic oxidation sites excluding steroid dienone is 3. The molecule has 0 fully saturated rings. The number of carbonyl (C=O) groups is 1.